The second-order valence-corrected chi connectivity index (χ2v) is 20.4. The normalized spacial score (nSPS) is 10.2. The molecule has 0 unspecified atom stereocenters. The van der Waals surface area contributed by atoms with Gasteiger partial charge in [-0.1, -0.05) is 72.8 Å². The Morgan fingerprint density at radius 2 is 0.363 bits per heavy atom. The van der Waals surface area contributed by atoms with Crippen LogP contribution < -0.4 is 43.0 Å². The Labute approximate surface area is 535 Å². The van der Waals surface area contributed by atoms with Crippen LogP contribution in [0.5, 0.6) is 0 Å². The molecule has 0 saturated carbocycles. The molecule has 0 aromatic heterocycles. The molecule has 0 atom stereocenters. The van der Waals surface area contributed by atoms with E-state index in [2.05, 4.69) is 37.2 Å². The van der Waals surface area contributed by atoms with E-state index < -0.39 is 33.4 Å². The van der Waals surface area contributed by atoms with Crippen LogP contribution >= 0.6 is 34.8 Å². The van der Waals surface area contributed by atoms with Gasteiger partial charge >= 0.3 is 0 Å². The lowest BCUT2D eigenvalue weighted by atomic mass is 10.0. The number of nitrogen functional groups attached to an aromatic ring is 1. The first kappa shape index (κ1) is 65.2. The largest absolute Gasteiger partial charge is 0.399 e. The van der Waals surface area contributed by atoms with Gasteiger partial charge in [-0.15, -0.1) is 0 Å². The van der Waals surface area contributed by atoms with E-state index in [1.807, 2.05) is 36.4 Å². The Hall–Kier alpha value is -11.8. The van der Waals surface area contributed by atoms with Gasteiger partial charge in [0.05, 0.1) is 0 Å². The van der Waals surface area contributed by atoms with Crippen molar-refractivity contribution < 1.29 is 47.9 Å². The first-order chi connectivity index (χ1) is 43.8. The summed E-state index contributed by atoms with van der Waals surface area (Å²) in [5, 5.41) is 17.2. The molecule has 10 rings (SSSR count). The Morgan fingerprint density at radius 3 is 0.538 bits per heavy atom. The summed E-state index contributed by atoms with van der Waals surface area (Å²) < 4.78 is 0. The number of carbonyl (C=O) groups excluding carboxylic acids is 10. The summed E-state index contributed by atoms with van der Waals surface area (Å²) in [6.45, 7) is 0. The van der Waals surface area contributed by atoms with Crippen molar-refractivity contribution in [1.29, 1.82) is 0 Å². The highest BCUT2D eigenvalue weighted by Gasteiger charge is 2.19. The molecule has 0 aliphatic heterocycles. The van der Waals surface area contributed by atoms with Crippen molar-refractivity contribution in [2.45, 2.75) is 0 Å². The molecule has 10 aromatic carbocycles. The van der Waals surface area contributed by atoms with Crippen LogP contribution in [0, 0.1) is 0 Å². The van der Waals surface area contributed by atoms with E-state index in [1.54, 1.807) is 182 Å². The second kappa shape index (κ2) is 31.7. The Bertz CT molecular complexity index is 3910. The number of benzene rings is 10. The average molecular weight is 1270 g/mol. The maximum Gasteiger partial charge on any atom is 0.255 e. The molecule has 0 fully saturated rings. The smallest absolute Gasteiger partial charge is 0.255 e. The van der Waals surface area contributed by atoms with E-state index in [0.717, 1.165) is 5.69 Å². The lowest BCUT2D eigenvalue weighted by Crippen LogP contribution is -2.19. The molecule has 18 nitrogen and oxygen atoms in total. The third-order valence-electron chi connectivity index (χ3n) is 12.8. The number of anilines is 8. The molecule has 10 aromatic rings. The van der Waals surface area contributed by atoms with Gasteiger partial charge in [-0.05, 0) is 217 Å². The minimum Gasteiger partial charge on any atom is -0.399 e. The van der Waals surface area contributed by atoms with Gasteiger partial charge in [0.1, 0.15) is 0 Å². The molecular formula is C70H51Cl3N8O10. The summed E-state index contributed by atoms with van der Waals surface area (Å²) in [5.41, 5.74) is 11.9. The van der Waals surface area contributed by atoms with Crippen molar-refractivity contribution in [3.05, 3.63) is 310 Å². The SMILES string of the molecule is Nc1ccc(NC(=O)c2ccccc2)cc1.O=C(Cl)c1cc(C(=O)Cl)cc(C(=O)Cl)c1.O=C(Nc1ccc(NC(=O)c2cc(C(=O)Nc3ccc(NC(=O)c4ccccc4)cc3)cc(C(=O)Nc3ccc(NC(=O)c4ccccc4)cc3)c2)cc1)c1ccccc1. The predicted octanol–water partition coefficient (Wildman–Crippen LogP) is 14.5. The highest BCUT2D eigenvalue weighted by molar-refractivity contribution is 6.70. The lowest BCUT2D eigenvalue weighted by Gasteiger charge is -2.13. The summed E-state index contributed by atoms with van der Waals surface area (Å²) in [5.74, 6) is -2.78. The summed E-state index contributed by atoms with van der Waals surface area (Å²) in [6, 6.07) is 69.5. The van der Waals surface area contributed by atoms with E-state index >= 15 is 0 Å². The van der Waals surface area contributed by atoms with E-state index in [0.29, 0.717) is 62.1 Å². The molecule has 9 N–H and O–H groups in total. The third-order valence-corrected chi connectivity index (χ3v) is 13.5. The maximum atomic E-state index is 13.7. The van der Waals surface area contributed by atoms with Gasteiger partial charge in [-0.2, -0.15) is 0 Å². The first-order valence-electron chi connectivity index (χ1n) is 27.3. The first-order valence-corrected chi connectivity index (χ1v) is 28.4. The van der Waals surface area contributed by atoms with Crippen molar-refractivity contribution >= 4 is 137 Å². The topological polar surface area (TPSA) is 281 Å². The van der Waals surface area contributed by atoms with Gasteiger partial charge in [0, 0.05) is 101 Å². The molecular weight excluding hydrogens is 1220 g/mol. The standard InChI is InChI=1S/C48H36N6O6.C13H12N2O.C9H3Cl3O3/c55-43(31-10-4-1-5-11-31)49-37-16-22-40(23-17-37)52-46(58)34-28-35(47(59)53-41-24-18-38(19-25-41)50-44(56)32-12-6-2-7-13-32)30-36(29-34)48(60)54-42-26-20-39(21-27-42)51-45(57)33-14-8-3-9-15-33;14-11-6-8-12(9-7-11)15-13(16)10-4-2-1-3-5-10;10-7(13)4-1-5(8(11)14)3-6(2-4)9(12)15/h1-30H,(H,49,55)(H,50,56)(H,51,57)(H,52,58)(H,53,59)(H,54,60);1-9H,14H2,(H,15,16);1-3H. The predicted molar refractivity (Wildman–Crippen MR) is 355 cm³/mol. The highest BCUT2D eigenvalue weighted by Crippen LogP contribution is 2.23. The molecule has 0 aliphatic carbocycles. The number of carbonyl (C=O) groups is 10. The van der Waals surface area contributed by atoms with Crippen LogP contribution in [-0.2, 0) is 0 Å². The highest BCUT2D eigenvalue weighted by atomic mass is 35.5. The van der Waals surface area contributed by atoms with Crippen LogP contribution in [0.1, 0.15) is 104 Å². The van der Waals surface area contributed by atoms with Gasteiger partial charge < -0.3 is 43.0 Å². The summed E-state index contributed by atoms with van der Waals surface area (Å²) in [7, 11) is 0. The molecule has 21 heteroatoms. The number of hydrogen-bond donors (Lipinski definition) is 8. The van der Waals surface area contributed by atoms with Crippen molar-refractivity contribution in [2.75, 3.05) is 43.0 Å². The van der Waals surface area contributed by atoms with Crippen LogP contribution in [0.4, 0.5) is 45.5 Å². The molecule has 452 valence electrons. The van der Waals surface area contributed by atoms with Gasteiger partial charge in [0.15, 0.2) is 0 Å². The molecule has 0 aliphatic rings. The van der Waals surface area contributed by atoms with E-state index in [9.17, 15) is 47.9 Å². The number of nitrogens with one attached hydrogen (secondary N) is 7. The number of nitrogens with two attached hydrogens (primary N) is 1. The lowest BCUT2D eigenvalue weighted by molar-refractivity contribution is 0.100. The minimum atomic E-state index is -0.797. The average Bonchev–Trinajstić information content (AvgIpc) is 1.86. The molecule has 7 amide bonds. The fourth-order valence-corrected chi connectivity index (χ4v) is 8.57. The Morgan fingerprint density at radius 1 is 0.209 bits per heavy atom. The van der Waals surface area contributed by atoms with Crippen molar-refractivity contribution in [3.8, 4) is 0 Å². The van der Waals surface area contributed by atoms with Crippen LogP contribution in [0.25, 0.3) is 0 Å². The molecule has 0 bridgehead atoms. The summed E-state index contributed by atoms with van der Waals surface area (Å²) in [4.78, 5) is 123. The zero-order valence-corrected chi connectivity index (χ0v) is 49.8. The molecule has 0 saturated heterocycles. The van der Waals surface area contributed by atoms with E-state index in [1.165, 1.54) is 36.4 Å². The summed E-state index contributed by atoms with van der Waals surface area (Å²) in [6.07, 6.45) is 0. The molecule has 91 heavy (non-hydrogen) atoms. The Kier molecular flexibility index (Phi) is 22.7. The van der Waals surface area contributed by atoms with Gasteiger partial charge in [-0.25, -0.2) is 0 Å². The minimum absolute atomic E-state index is 0.00725. The Balaban J connectivity index is 0.000000278. The van der Waals surface area contributed by atoms with E-state index in [4.69, 9.17) is 40.5 Å². The fraction of sp³-hybridized carbons (Fsp3) is 0. The third kappa shape index (κ3) is 19.6. The molecule has 0 spiro atoms. The monoisotopic (exact) mass is 1270 g/mol. The van der Waals surface area contributed by atoms with E-state index in [-0.39, 0.29) is 57.0 Å². The zero-order valence-electron chi connectivity index (χ0n) is 47.5. The molecule has 0 radical (unpaired) electrons. The van der Waals surface area contributed by atoms with Crippen LogP contribution in [0.3, 0.4) is 0 Å². The number of rotatable bonds is 17. The van der Waals surface area contributed by atoms with Crippen molar-refractivity contribution in [2.24, 2.45) is 0 Å². The summed E-state index contributed by atoms with van der Waals surface area (Å²) >= 11 is 15.6. The maximum absolute atomic E-state index is 13.7. The van der Waals surface area contributed by atoms with Crippen molar-refractivity contribution in [1.82, 2.24) is 0 Å². The quantitative estimate of drug-likeness (QED) is 0.0313. The van der Waals surface area contributed by atoms with Gasteiger partial charge in [0.2, 0.25) is 0 Å². The second-order valence-electron chi connectivity index (χ2n) is 19.4. The fourth-order valence-electron chi connectivity index (χ4n) is 8.25. The van der Waals surface area contributed by atoms with Crippen LogP contribution in [-0.4, -0.2) is 57.1 Å². The zero-order chi connectivity index (χ0) is 64.8. The molecule has 0 heterocycles. The van der Waals surface area contributed by atoms with Crippen LogP contribution in [0.15, 0.2) is 255 Å². The van der Waals surface area contributed by atoms with Crippen molar-refractivity contribution in [3.63, 3.8) is 0 Å². The number of amides is 7. The number of halogens is 3. The van der Waals surface area contributed by atoms with Gasteiger partial charge in [-0.3, -0.25) is 47.9 Å². The number of hydrogen-bond acceptors (Lipinski definition) is 11. The van der Waals surface area contributed by atoms with Gasteiger partial charge in [0.25, 0.3) is 57.1 Å². The van der Waals surface area contributed by atoms with Crippen LogP contribution in [0.2, 0.25) is 0 Å².